The number of nitrogens with one attached hydrogen (secondary N) is 1. The molecule has 1 rings (SSSR count). The maximum Gasteiger partial charge on any atom is 0.243 e. The van der Waals surface area contributed by atoms with Gasteiger partial charge in [0.1, 0.15) is 0 Å². The van der Waals surface area contributed by atoms with Gasteiger partial charge < -0.3 is 11.1 Å². The number of hydrogen-bond acceptors (Lipinski definition) is 2. The lowest BCUT2D eigenvalue weighted by molar-refractivity contribution is -0.116. The van der Waals surface area contributed by atoms with Crippen molar-refractivity contribution in [3.05, 3.63) is 11.6 Å². The van der Waals surface area contributed by atoms with Crippen LogP contribution in [0.4, 0.5) is 0 Å². The third-order valence-corrected chi connectivity index (χ3v) is 2.63. The Bertz CT molecular complexity index is 236. The lowest BCUT2D eigenvalue weighted by Crippen LogP contribution is -2.47. The first-order valence-corrected chi connectivity index (χ1v) is 5.23. The topological polar surface area (TPSA) is 55.1 Å². The molecule has 0 aliphatic heterocycles. The Kier molecular flexibility index (Phi) is 3.69. The second-order valence-corrected chi connectivity index (χ2v) is 4.51. The average molecular weight is 196 g/mol. The molecular formula is C11H20N2O. The fourth-order valence-corrected chi connectivity index (χ4v) is 1.83. The molecule has 3 N–H and O–H groups in total. The molecule has 0 atom stereocenters. The molecule has 14 heavy (non-hydrogen) atoms. The van der Waals surface area contributed by atoms with E-state index in [2.05, 4.69) is 5.32 Å². The van der Waals surface area contributed by atoms with Crippen LogP contribution in [0.25, 0.3) is 0 Å². The Hall–Kier alpha value is -0.830. The van der Waals surface area contributed by atoms with Crippen LogP contribution in [0.2, 0.25) is 0 Å². The monoisotopic (exact) mass is 196 g/mol. The molecule has 0 aromatic rings. The molecule has 1 aliphatic rings. The van der Waals surface area contributed by atoms with Gasteiger partial charge in [-0.2, -0.15) is 0 Å². The molecule has 0 spiro atoms. The minimum atomic E-state index is -0.148. The minimum absolute atomic E-state index is 0.0262. The maximum atomic E-state index is 11.3. The van der Waals surface area contributed by atoms with Gasteiger partial charge in [-0.25, -0.2) is 0 Å². The molecule has 3 heteroatoms. The number of hydrogen-bond donors (Lipinski definition) is 2. The van der Waals surface area contributed by atoms with Gasteiger partial charge in [-0.15, -0.1) is 0 Å². The molecular weight excluding hydrogens is 176 g/mol. The quantitative estimate of drug-likeness (QED) is 0.669. The number of nitrogens with two attached hydrogens (primary N) is 1. The summed E-state index contributed by atoms with van der Waals surface area (Å²) in [4.78, 5) is 11.3. The normalized spacial score (nSPS) is 19.1. The number of amides is 1. The van der Waals surface area contributed by atoms with E-state index in [1.165, 1.54) is 12.8 Å². The van der Waals surface area contributed by atoms with Crippen molar-refractivity contribution in [3.63, 3.8) is 0 Å². The molecule has 0 aromatic heterocycles. The number of rotatable bonds is 3. The second kappa shape index (κ2) is 4.60. The first-order valence-electron chi connectivity index (χ1n) is 5.23. The molecule has 0 radical (unpaired) electrons. The Morgan fingerprint density at radius 1 is 1.43 bits per heavy atom. The summed E-state index contributed by atoms with van der Waals surface area (Å²) >= 11 is 0. The van der Waals surface area contributed by atoms with Gasteiger partial charge in [0.05, 0.1) is 0 Å². The summed E-state index contributed by atoms with van der Waals surface area (Å²) in [6.07, 6.45) is 6.05. The highest BCUT2D eigenvalue weighted by molar-refractivity contribution is 5.88. The van der Waals surface area contributed by atoms with Crippen molar-refractivity contribution in [3.8, 4) is 0 Å². The Balaban J connectivity index is 2.33. The van der Waals surface area contributed by atoms with Crippen LogP contribution < -0.4 is 11.1 Å². The lowest BCUT2D eigenvalue weighted by atomic mass is 9.99. The predicted molar refractivity (Wildman–Crippen MR) is 57.8 cm³/mol. The Labute approximate surface area is 85.7 Å². The number of allylic oxidation sites excluding steroid dienone is 1. The van der Waals surface area contributed by atoms with E-state index in [1.807, 2.05) is 13.8 Å². The third-order valence-electron chi connectivity index (χ3n) is 2.63. The van der Waals surface area contributed by atoms with E-state index in [-0.39, 0.29) is 11.4 Å². The summed E-state index contributed by atoms with van der Waals surface area (Å²) < 4.78 is 0. The molecule has 1 saturated carbocycles. The van der Waals surface area contributed by atoms with E-state index in [4.69, 9.17) is 5.73 Å². The van der Waals surface area contributed by atoms with Crippen LogP contribution in [0.15, 0.2) is 11.6 Å². The predicted octanol–water partition coefficient (Wildman–Crippen LogP) is 1.34. The highest BCUT2D eigenvalue weighted by Gasteiger charge is 2.29. The Morgan fingerprint density at radius 2 is 2.00 bits per heavy atom. The number of carbonyl (C=O) groups excluding carboxylic acids is 1. The van der Waals surface area contributed by atoms with E-state index >= 15 is 0 Å². The van der Waals surface area contributed by atoms with E-state index in [1.54, 1.807) is 6.08 Å². The number of carbonyl (C=O) groups is 1. The summed E-state index contributed by atoms with van der Waals surface area (Å²) in [7, 11) is 0. The maximum absolute atomic E-state index is 11.3. The van der Waals surface area contributed by atoms with Gasteiger partial charge in [0.2, 0.25) is 5.91 Å². The highest BCUT2D eigenvalue weighted by atomic mass is 16.1. The smallest absolute Gasteiger partial charge is 0.243 e. The van der Waals surface area contributed by atoms with Gasteiger partial charge >= 0.3 is 0 Å². The van der Waals surface area contributed by atoms with Crippen LogP contribution in [0, 0.1) is 0 Å². The standard InChI is InChI=1S/C11H20N2O/c1-9(2)7-10(14)13-8-11(12)5-3-4-6-11/h7H,3-6,8,12H2,1-2H3,(H,13,14). The molecule has 1 fully saturated rings. The molecule has 0 aromatic carbocycles. The first-order chi connectivity index (χ1) is 6.52. The van der Waals surface area contributed by atoms with Gasteiger partial charge in [0.25, 0.3) is 0 Å². The zero-order valence-corrected chi connectivity index (χ0v) is 9.10. The summed E-state index contributed by atoms with van der Waals surface area (Å²) in [5.74, 6) is -0.0262. The van der Waals surface area contributed by atoms with Crippen molar-refractivity contribution in [1.82, 2.24) is 5.32 Å². The zero-order valence-electron chi connectivity index (χ0n) is 9.10. The van der Waals surface area contributed by atoms with Gasteiger partial charge in [-0.3, -0.25) is 4.79 Å². The zero-order chi connectivity index (χ0) is 10.6. The minimum Gasteiger partial charge on any atom is -0.351 e. The van der Waals surface area contributed by atoms with Crippen LogP contribution in [0.3, 0.4) is 0 Å². The average Bonchev–Trinajstić information content (AvgIpc) is 2.49. The van der Waals surface area contributed by atoms with Crippen LogP contribution in [0.1, 0.15) is 39.5 Å². The fraction of sp³-hybridized carbons (Fsp3) is 0.727. The van der Waals surface area contributed by atoms with E-state index in [0.29, 0.717) is 6.54 Å². The van der Waals surface area contributed by atoms with Crippen molar-refractivity contribution in [2.45, 2.75) is 45.1 Å². The van der Waals surface area contributed by atoms with E-state index < -0.39 is 0 Å². The molecule has 0 unspecified atom stereocenters. The van der Waals surface area contributed by atoms with Crippen molar-refractivity contribution < 1.29 is 4.79 Å². The molecule has 3 nitrogen and oxygen atoms in total. The summed E-state index contributed by atoms with van der Waals surface area (Å²) in [6.45, 7) is 4.43. The van der Waals surface area contributed by atoms with Crippen LogP contribution >= 0.6 is 0 Å². The van der Waals surface area contributed by atoms with E-state index in [0.717, 1.165) is 18.4 Å². The van der Waals surface area contributed by atoms with Crippen LogP contribution in [-0.4, -0.2) is 18.0 Å². The first kappa shape index (κ1) is 11.2. The van der Waals surface area contributed by atoms with Gasteiger partial charge in [0, 0.05) is 18.2 Å². The molecule has 0 saturated heterocycles. The van der Waals surface area contributed by atoms with Gasteiger partial charge in [-0.05, 0) is 26.7 Å². The molecule has 1 amide bonds. The van der Waals surface area contributed by atoms with Crippen LogP contribution in [-0.2, 0) is 4.79 Å². The highest BCUT2D eigenvalue weighted by Crippen LogP contribution is 2.26. The SMILES string of the molecule is CC(C)=CC(=O)NCC1(N)CCCC1. The third kappa shape index (κ3) is 3.50. The molecule has 0 heterocycles. The summed E-state index contributed by atoms with van der Waals surface area (Å²) in [6, 6.07) is 0. The van der Waals surface area contributed by atoms with Crippen molar-refractivity contribution >= 4 is 5.91 Å². The largest absolute Gasteiger partial charge is 0.351 e. The molecule has 0 bridgehead atoms. The summed E-state index contributed by atoms with van der Waals surface area (Å²) in [5, 5.41) is 2.86. The van der Waals surface area contributed by atoms with Crippen molar-refractivity contribution in [2.24, 2.45) is 5.73 Å². The summed E-state index contributed by atoms with van der Waals surface area (Å²) in [5.41, 5.74) is 6.97. The van der Waals surface area contributed by atoms with Crippen LogP contribution in [0.5, 0.6) is 0 Å². The molecule has 80 valence electrons. The van der Waals surface area contributed by atoms with Crippen molar-refractivity contribution in [1.29, 1.82) is 0 Å². The fourth-order valence-electron chi connectivity index (χ4n) is 1.83. The molecule has 1 aliphatic carbocycles. The van der Waals surface area contributed by atoms with Gasteiger partial charge in [-0.1, -0.05) is 18.4 Å². The van der Waals surface area contributed by atoms with Crippen molar-refractivity contribution in [2.75, 3.05) is 6.54 Å². The Morgan fingerprint density at radius 3 is 2.50 bits per heavy atom. The van der Waals surface area contributed by atoms with E-state index in [9.17, 15) is 4.79 Å². The second-order valence-electron chi connectivity index (χ2n) is 4.51. The lowest BCUT2D eigenvalue weighted by Gasteiger charge is -2.23. The van der Waals surface area contributed by atoms with Gasteiger partial charge in [0.15, 0.2) is 0 Å².